The van der Waals surface area contributed by atoms with Crippen LogP contribution in [-0.2, 0) is 0 Å². The number of Topliss-reactive ketones (excluding diaryl/α,β-unsaturated/α-hetero) is 1. The van der Waals surface area contributed by atoms with Crippen molar-refractivity contribution >= 4 is 21.7 Å². The fourth-order valence-electron chi connectivity index (χ4n) is 0.861. The molecule has 0 N–H and O–H groups in total. The van der Waals surface area contributed by atoms with Crippen molar-refractivity contribution in [2.24, 2.45) is 0 Å². The van der Waals surface area contributed by atoms with Crippen LogP contribution in [0, 0.1) is 0 Å². The van der Waals surface area contributed by atoms with Crippen LogP contribution in [0.2, 0.25) is 0 Å². The fraction of sp³-hybridized carbons (Fsp3) is 0.222. The van der Waals surface area contributed by atoms with Gasteiger partial charge in [0.15, 0.2) is 0 Å². The largest absolute Gasteiger partial charge is 0.319 e. The number of alkyl halides is 3. The summed E-state index contributed by atoms with van der Waals surface area (Å²) in [7, 11) is 0. The Morgan fingerprint density at radius 2 is 1.85 bits per heavy atom. The first-order valence-electron chi connectivity index (χ1n) is 3.61. The van der Waals surface area contributed by atoms with Crippen molar-refractivity contribution in [2.45, 2.75) is 5.92 Å². The topological polar surface area (TPSA) is 17.1 Å². The molecule has 0 bridgehead atoms. The van der Waals surface area contributed by atoms with Gasteiger partial charge in [-0.3, -0.25) is 4.79 Å². The van der Waals surface area contributed by atoms with Gasteiger partial charge in [0.05, 0.1) is 5.33 Å². The molecular weight excluding hydrogens is 242 g/mol. The van der Waals surface area contributed by atoms with E-state index in [1.165, 1.54) is 12.1 Å². The fourth-order valence-corrected chi connectivity index (χ4v) is 1.12. The van der Waals surface area contributed by atoms with Gasteiger partial charge in [0.2, 0.25) is 5.78 Å². The minimum Gasteiger partial charge on any atom is -0.287 e. The van der Waals surface area contributed by atoms with Crippen LogP contribution in [0.3, 0.4) is 0 Å². The quantitative estimate of drug-likeness (QED) is 0.594. The monoisotopic (exact) mass is 248 g/mol. The van der Waals surface area contributed by atoms with Gasteiger partial charge in [-0.2, -0.15) is 8.78 Å². The second-order valence-corrected chi connectivity index (χ2v) is 3.09. The second kappa shape index (κ2) is 3.96. The van der Waals surface area contributed by atoms with E-state index < -0.39 is 17.0 Å². The Morgan fingerprint density at radius 3 is 2.31 bits per heavy atom. The van der Waals surface area contributed by atoms with Crippen LogP contribution in [0.25, 0.3) is 0 Å². The predicted octanol–water partition coefficient (Wildman–Crippen LogP) is 2.90. The molecule has 70 valence electrons. The average Bonchev–Trinajstić information content (AvgIpc) is 2.18. The molecule has 0 radical (unpaired) electrons. The molecule has 0 spiro atoms. The van der Waals surface area contributed by atoms with Crippen molar-refractivity contribution in [2.75, 3.05) is 5.33 Å². The van der Waals surface area contributed by atoms with E-state index in [4.69, 9.17) is 0 Å². The molecule has 0 fully saturated rings. The van der Waals surface area contributed by atoms with Gasteiger partial charge in [0.1, 0.15) is 0 Å². The zero-order chi connectivity index (χ0) is 9.90. The van der Waals surface area contributed by atoms with Gasteiger partial charge in [-0.1, -0.05) is 46.3 Å². The number of halogens is 3. The first kappa shape index (κ1) is 10.3. The minimum atomic E-state index is -3.32. The molecule has 0 unspecified atom stereocenters. The third-order valence-electron chi connectivity index (χ3n) is 1.54. The van der Waals surface area contributed by atoms with E-state index >= 15 is 0 Å². The molecule has 1 nitrogen and oxygen atoms in total. The maximum absolute atomic E-state index is 12.8. The molecular formula is C9H7BrF2O. The van der Waals surface area contributed by atoms with Gasteiger partial charge in [0.25, 0.3) is 0 Å². The van der Waals surface area contributed by atoms with E-state index in [2.05, 4.69) is 15.9 Å². The Labute approximate surface area is 82.9 Å². The number of rotatable bonds is 3. The lowest BCUT2D eigenvalue weighted by Gasteiger charge is -2.10. The van der Waals surface area contributed by atoms with Gasteiger partial charge >= 0.3 is 5.92 Å². The van der Waals surface area contributed by atoms with E-state index in [1.54, 1.807) is 18.2 Å². The summed E-state index contributed by atoms with van der Waals surface area (Å²) >= 11 is 2.60. The molecule has 0 amide bonds. The summed E-state index contributed by atoms with van der Waals surface area (Å²) in [6, 6.07) is 7.52. The highest BCUT2D eigenvalue weighted by Gasteiger charge is 2.37. The number of carbonyl (C=O) groups is 1. The van der Waals surface area contributed by atoms with Crippen LogP contribution < -0.4 is 0 Å². The zero-order valence-electron chi connectivity index (χ0n) is 6.64. The lowest BCUT2D eigenvalue weighted by Crippen LogP contribution is -2.30. The normalized spacial score (nSPS) is 11.3. The molecule has 1 rings (SSSR count). The number of hydrogen-bond donors (Lipinski definition) is 0. The first-order valence-corrected chi connectivity index (χ1v) is 4.74. The van der Waals surface area contributed by atoms with Gasteiger partial charge in [-0.15, -0.1) is 0 Å². The Morgan fingerprint density at radius 1 is 1.31 bits per heavy atom. The maximum atomic E-state index is 12.8. The molecule has 0 saturated heterocycles. The standard InChI is InChI=1S/C9H7BrF2O/c10-6-9(11,12)8(13)7-4-2-1-3-5-7/h1-5H,6H2. The number of hydrogen-bond acceptors (Lipinski definition) is 1. The third-order valence-corrected chi connectivity index (χ3v) is 2.24. The molecule has 13 heavy (non-hydrogen) atoms. The highest BCUT2D eigenvalue weighted by atomic mass is 79.9. The number of ketones is 1. The van der Waals surface area contributed by atoms with E-state index in [0.717, 1.165) is 0 Å². The maximum Gasteiger partial charge on any atom is 0.319 e. The lowest BCUT2D eigenvalue weighted by atomic mass is 10.1. The Bertz CT molecular complexity index is 298. The van der Waals surface area contributed by atoms with Crippen molar-refractivity contribution < 1.29 is 13.6 Å². The summed E-state index contributed by atoms with van der Waals surface area (Å²) in [6.07, 6.45) is 0. The van der Waals surface area contributed by atoms with E-state index in [1.807, 2.05) is 0 Å². The molecule has 4 heteroatoms. The van der Waals surface area contributed by atoms with Crippen molar-refractivity contribution in [1.82, 2.24) is 0 Å². The van der Waals surface area contributed by atoms with E-state index in [9.17, 15) is 13.6 Å². The Balaban J connectivity index is 2.93. The molecule has 0 aliphatic heterocycles. The second-order valence-electron chi connectivity index (χ2n) is 2.53. The van der Waals surface area contributed by atoms with Gasteiger partial charge in [-0.05, 0) is 0 Å². The van der Waals surface area contributed by atoms with Crippen LogP contribution >= 0.6 is 15.9 Å². The number of carbonyl (C=O) groups excluding carboxylic acids is 1. The Hall–Kier alpha value is -0.770. The van der Waals surface area contributed by atoms with Crippen LogP contribution in [-0.4, -0.2) is 17.0 Å². The Kier molecular flexibility index (Phi) is 3.14. The minimum absolute atomic E-state index is 0.0342. The van der Waals surface area contributed by atoms with Crippen molar-refractivity contribution in [3.05, 3.63) is 35.9 Å². The van der Waals surface area contributed by atoms with Crippen LogP contribution in [0.5, 0.6) is 0 Å². The van der Waals surface area contributed by atoms with Crippen LogP contribution in [0.1, 0.15) is 10.4 Å². The highest BCUT2D eigenvalue weighted by Crippen LogP contribution is 2.21. The predicted molar refractivity (Wildman–Crippen MR) is 49.5 cm³/mol. The average molecular weight is 249 g/mol. The van der Waals surface area contributed by atoms with Crippen LogP contribution in [0.15, 0.2) is 30.3 Å². The molecule has 1 aromatic rings. The smallest absolute Gasteiger partial charge is 0.287 e. The summed E-state index contributed by atoms with van der Waals surface area (Å²) in [5.74, 6) is -4.47. The highest BCUT2D eigenvalue weighted by molar-refractivity contribution is 9.09. The van der Waals surface area contributed by atoms with E-state index in [0.29, 0.717) is 0 Å². The summed E-state index contributed by atoms with van der Waals surface area (Å²) in [6.45, 7) is 0. The summed E-state index contributed by atoms with van der Waals surface area (Å²) in [4.78, 5) is 11.1. The molecule has 0 aliphatic rings. The SMILES string of the molecule is O=C(c1ccccc1)C(F)(F)CBr. The molecule has 0 aromatic heterocycles. The molecule has 0 heterocycles. The summed E-state index contributed by atoms with van der Waals surface area (Å²) in [5, 5.41) is -0.645. The van der Waals surface area contributed by atoms with Gasteiger partial charge in [-0.25, -0.2) is 0 Å². The molecule has 0 saturated carbocycles. The van der Waals surface area contributed by atoms with Crippen molar-refractivity contribution in [3.63, 3.8) is 0 Å². The van der Waals surface area contributed by atoms with Crippen molar-refractivity contribution in [1.29, 1.82) is 0 Å². The molecule has 1 aromatic carbocycles. The third kappa shape index (κ3) is 2.34. The summed E-state index contributed by atoms with van der Waals surface area (Å²) in [5.41, 5.74) is 0.0342. The molecule has 0 atom stereocenters. The zero-order valence-corrected chi connectivity index (χ0v) is 8.22. The molecule has 0 aliphatic carbocycles. The summed E-state index contributed by atoms with van der Waals surface area (Å²) < 4.78 is 25.7. The van der Waals surface area contributed by atoms with Gasteiger partial charge < -0.3 is 0 Å². The lowest BCUT2D eigenvalue weighted by molar-refractivity contribution is 0.0257. The van der Waals surface area contributed by atoms with E-state index in [-0.39, 0.29) is 5.56 Å². The van der Waals surface area contributed by atoms with Crippen molar-refractivity contribution in [3.8, 4) is 0 Å². The van der Waals surface area contributed by atoms with Crippen LogP contribution in [0.4, 0.5) is 8.78 Å². The number of benzene rings is 1. The van der Waals surface area contributed by atoms with Gasteiger partial charge in [0, 0.05) is 5.56 Å². The first-order chi connectivity index (χ1) is 6.08.